The monoisotopic (exact) mass is 451 g/mol. The van der Waals surface area contributed by atoms with Crippen LogP contribution in [0.5, 0.6) is 17.2 Å². The van der Waals surface area contributed by atoms with Crippen molar-refractivity contribution in [2.45, 2.75) is 12.4 Å². The Balaban J connectivity index is 1.77. The smallest absolute Gasteiger partial charge is 0.496 e. The summed E-state index contributed by atoms with van der Waals surface area (Å²) in [6, 6.07) is 11.4. The van der Waals surface area contributed by atoms with Crippen molar-refractivity contribution in [2.24, 2.45) is 0 Å². The van der Waals surface area contributed by atoms with Gasteiger partial charge in [-0.1, -0.05) is 24.3 Å². The Kier molecular flexibility index (Phi) is 5.40. The maximum Gasteiger partial charge on any atom is 0.573 e. The molecule has 1 atom stereocenters. The minimum atomic E-state index is -4.82. The fourth-order valence-corrected chi connectivity index (χ4v) is 4.45. The molecule has 1 aliphatic heterocycles. The van der Waals surface area contributed by atoms with Gasteiger partial charge in [-0.15, -0.1) is 24.5 Å². The van der Waals surface area contributed by atoms with Gasteiger partial charge in [0, 0.05) is 5.56 Å². The van der Waals surface area contributed by atoms with E-state index in [9.17, 15) is 23.1 Å². The van der Waals surface area contributed by atoms with Crippen molar-refractivity contribution in [1.29, 1.82) is 0 Å². The number of ether oxygens (including phenoxy) is 3. The van der Waals surface area contributed by atoms with Crippen LogP contribution in [0.4, 0.5) is 23.7 Å². The Morgan fingerprint density at radius 1 is 1.23 bits per heavy atom. The van der Waals surface area contributed by atoms with Gasteiger partial charge in [0.25, 0.3) is 0 Å². The predicted octanol–water partition coefficient (Wildman–Crippen LogP) is 5.94. The van der Waals surface area contributed by atoms with Gasteiger partial charge in [-0.25, -0.2) is 4.79 Å². The zero-order valence-electron chi connectivity index (χ0n) is 16.1. The Labute approximate surface area is 179 Å². The highest BCUT2D eigenvalue weighted by atomic mass is 32.1. The molecule has 1 aliphatic rings. The quantitative estimate of drug-likeness (QED) is 0.532. The maximum atomic E-state index is 12.6. The first-order valence-electron chi connectivity index (χ1n) is 9.04. The van der Waals surface area contributed by atoms with Crippen LogP contribution in [0.15, 0.2) is 53.9 Å². The molecule has 1 aromatic heterocycles. The number of amides is 1. The van der Waals surface area contributed by atoms with E-state index < -0.39 is 18.5 Å². The fraction of sp³-hybridized carbons (Fsp3) is 0.190. The van der Waals surface area contributed by atoms with Crippen LogP contribution in [0, 0.1) is 0 Å². The molecule has 4 rings (SSSR count). The SMILES string of the molecule is COc1ccsc1C1COc2c(-c3cccc(OC(F)(F)F)c3)cccc2N1C(=O)O. The van der Waals surface area contributed by atoms with Crippen molar-refractivity contribution in [2.75, 3.05) is 18.6 Å². The lowest BCUT2D eigenvalue weighted by molar-refractivity contribution is -0.274. The van der Waals surface area contributed by atoms with Crippen LogP contribution in [0.1, 0.15) is 10.9 Å². The minimum Gasteiger partial charge on any atom is -0.496 e. The summed E-state index contributed by atoms with van der Waals surface area (Å²) in [5, 5.41) is 11.7. The summed E-state index contributed by atoms with van der Waals surface area (Å²) < 4.78 is 53.1. The van der Waals surface area contributed by atoms with Gasteiger partial charge in [-0.2, -0.15) is 0 Å². The maximum absolute atomic E-state index is 12.6. The lowest BCUT2D eigenvalue weighted by Crippen LogP contribution is -2.40. The van der Waals surface area contributed by atoms with E-state index in [4.69, 9.17) is 9.47 Å². The van der Waals surface area contributed by atoms with Crippen molar-refractivity contribution in [3.8, 4) is 28.4 Å². The van der Waals surface area contributed by atoms with Crippen molar-refractivity contribution in [3.63, 3.8) is 0 Å². The zero-order valence-corrected chi connectivity index (χ0v) is 16.9. The van der Waals surface area contributed by atoms with E-state index in [-0.39, 0.29) is 18.1 Å². The van der Waals surface area contributed by atoms with Crippen LogP contribution < -0.4 is 19.1 Å². The highest BCUT2D eigenvalue weighted by molar-refractivity contribution is 7.10. The van der Waals surface area contributed by atoms with Crippen LogP contribution in [-0.4, -0.2) is 31.3 Å². The molecule has 6 nitrogen and oxygen atoms in total. The average Bonchev–Trinajstić information content (AvgIpc) is 3.20. The van der Waals surface area contributed by atoms with Crippen molar-refractivity contribution < 1.29 is 37.3 Å². The Morgan fingerprint density at radius 2 is 2.00 bits per heavy atom. The Bertz CT molecular complexity index is 1110. The molecule has 0 fully saturated rings. The van der Waals surface area contributed by atoms with E-state index in [1.165, 1.54) is 41.5 Å². The number of hydrogen-bond acceptors (Lipinski definition) is 5. The molecule has 31 heavy (non-hydrogen) atoms. The number of carbonyl (C=O) groups is 1. The second kappa shape index (κ2) is 8.03. The summed E-state index contributed by atoms with van der Waals surface area (Å²) in [6.07, 6.45) is -6.01. The van der Waals surface area contributed by atoms with Gasteiger partial charge in [-0.3, -0.25) is 4.90 Å². The van der Waals surface area contributed by atoms with E-state index in [1.807, 2.05) is 0 Å². The Morgan fingerprint density at radius 3 is 2.71 bits per heavy atom. The number of fused-ring (bicyclic) bond motifs is 1. The second-order valence-corrected chi connectivity index (χ2v) is 7.51. The first kappa shape index (κ1) is 20.9. The van der Waals surface area contributed by atoms with E-state index in [2.05, 4.69) is 4.74 Å². The van der Waals surface area contributed by atoms with Gasteiger partial charge < -0.3 is 19.3 Å². The average molecular weight is 451 g/mol. The minimum absolute atomic E-state index is 0.0198. The van der Waals surface area contributed by atoms with Gasteiger partial charge in [0.1, 0.15) is 24.1 Å². The number of rotatable bonds is 4. The number of carboxylic acid groups (broad SMARTS) is 1. The second-order valence-electron chi connectivity index (χ2n) is 6.56. The standard InChI is InChI=1S/C21H16F3NO5S/c1-28-17-8-9-31-19(17)16-11-29-18-14(6-3-7-15(18)25(16)20(26)27)12-4-2-5-13(10-12)30-21(22,23)24/h2-10,16H,11H2,1H3,(H,26,27). The summed E-state index contributed by atoms with van der Waals surface area (Å²) in [7, 11) is 1.50. The van der Waals surface area contributed by atoms with Crippen molar-refractivity contribution >= 4 is 23.1 Å². The molecule has 1 unspecified atom stereocenters. The highest BCUT2D eigenvalue weighted by Gasteiger charge is 2.37. The van der Waals surface area contributed by atoms with Crippen molar-refractivity contribution in [1.82, 2.24) is 0 Å². The van der Waals surface area contributed by atoms with E-state index >= 15 is 0 Å². The third-order valence-electron chi connectivity index (χ3n) is 4.72. The summed E-state index contributed by atoms with van der Waals surface area (Å²) in [5.74, 6) is 0.442. The molecule has 0 spiro atoms. The molecular formula is C21H16F3NO5S. The van der Waals surface area contributed by atoms with Crippen LogP contribution in [0.3, 0.4) is 0 Å². The van der Waals surface area contributed by atoms with Crippen LogP contribution in [-0.2, 0) is 0 Å². The van der Waals surface area contributed by atoms with Gasteiger partial charge >= 0.3 is 12.5 Å². The third kappa shape index (κ3) is 4.11. The Hall–Kier alpha value is -3.40. The number of hydrogen-bond donors (Lipinski definition) is 1. The number of thiophene rings is 1. The lowest BCUT2D eigenvalue weighted by Gasteiger charge is -2.35. The molecule has 0 bridgehead atoms. The summed E-state index contributed by atoms with van der Waals surface area (Å²) in [5.41, 5.74) is 1.14. The molecule has 1 N–H and O–H groups in total. The van der Waals surface area contributed by atoms with Gasteiger partial charge in [-0.05, 0) is 35.2 Å². The van der Waals surface area contributed by atoms with Gasteiger partial charge in [0.15, 0.2) is 5.75 Å². The summed E-state index contributed by atoms with van der Waals surface area (Å²) in [6.45, 7) is 0.0198. The molecule has 1 amide bonds. The molecule has 10 heteroatoms. The van der Waals surface area contributed by atoms with Gasteiger partial charge in [0.05, 0.1) is 17.7 Å². The first-order chi connectivity index (χ1) is 14.8. The molecule has 2 aromatic carbocycles. The number of benzene rings is 2. The lowest BCUT2D eigenvalue weighted by atomic mass is 10.0. The third-order valence-corrected chi connectivity index (χ3v) is 5.71. The zero-order chi connectivity index (χ0) is 22.2. The largest absolute Gasteiger partial charge is 0.573 e. The topological polar surface area (TPSA) is 68.2 Å². The summed E-state index contributed by atoms with van der Waals surface area (Å²) in [4.78, 5) is 14.1. The fourth-order valence-electron chi connectivity index (χ4n) is 3.51. The number of para-hydroxylation sites is 1. The number of anilines is 1. The number of alkyl halides is 3. The molecule has 2 heterocycles. The number of nitrogens with zero attached hydrogens (tertiary/aromatic N) is 1. The van der Waals surface area contributed by atoms with Crippen molar-refractivity contribution in [3.05, 3.63) is 58.8 Å². The molecular weight excluding hydrogens is 435 g/mol. The predicted molar refractivity (Wildman–Crippen MR) is 108 cm³/mol. The van der Waals surface area contributed by atoms with E-state index in [1.54, 1.807) is 35.7 Å². The number of methoxy groups -OCH3 is 1. The highest BCUT2D eigenvalue weighted by Crippen LogP contribution is 2.47. The molecule has 0 radical (unpaired) electrons. The first-order valence-corrected chi connectivity index (χ1v) is 9.92. The van der Waals surface area contributed by atoms with E-state index in [0.717, 1.165) is 0 Å². The molecule has 0 saturated carbocycles. The van der Waals surface area contributed by atoms with Gasteiger partial charge in [0.2, 0.25) is 0 Å². The van der Waals surface area contributed by atoms with Crippen LogP contribution in [0.25, 0.3) is 11.1 Å². The normalized spacial score (nSPS) is 15.7. The molecule has 3 aromatic rings. The van der Waals surface area contributed by atoms with E-state index in [0.29, 0.717) is 27.4 Å². The molecule has 0 aliphatic carbocycles. The molecule has 162 valence electrons. The van der Waals surface area contributed by atoms with Crippen LogP contribution in [0.2, 0.25) is 0 Å². The number of halogens is 3. The van der Waals surface area contributed by atoms with Crippen LogP contribution >= 0.6 is 11.3 Å². The summed E-state index contributed by atoms with van der Waals surface area (Å²) >= 11 is 1.35. The molecule has 0 saturated heterocycles.